The fraction of sp³-hybridized carbons (Fsp3) is 0.467. The van der Waals surface area contributed by atoms with Gasteiger partial charge in [0.2, 0.25) is 0 Å². The van der Waals surface area contributed by atoms with E-state index in [0.29, 0.717) is 6.04 Å². The summed E-state index contributed by atoms with van der Waals surface area (Å²) in [6.45, 7) is 11.4. The first-order valence-electron chi connectivity index (χ1n) is 6.24. The Balaban J connectivity index is 2.56. The van der Waals surface area contributed by atoms with E-state index >= 15 is 0 Å². The molecule has 1 N–H and O–H groups in total. The van der Waals surface area contributed by atoms with E-state index in [0.717, 1.165) is 18.7 Å². The molecular weight excluding hydrogens is 226 g/mol. The summed E-state index contributed by atoms with van der Waals surface area (Å²) in [5, 5.41) is 3.44. The molecule has 94 valence electrons. The fourth-order valence-corrected chi connectivity index (χ4v) is 2.72. The molecule has 1 aromatic carbocycles. The smallest absolute Gasteiger partial charge is 0.0292 e. The summed E-state index contributed by atoms with van der Waals surface area (Å²) in [4.78, 5) is 1.36. The number of rotatable bonds is 7. The van der Waals surface area contributed by atoms with Crippen LogP contribution in [0, 0.1) is 0 Å². The molecule has 0 amide bonds. The fourth-order valence-electron chi connectivity index (χ4n) is 1.64. The maximum absolute atomic E-state index is 3.93. The number of hydrogen-bond donors (Lipinski definition) is 1. The van der Waals surface area contributed by atoms with Crippen molar-refractivity contribution in [2.24, 2.45) is 0 Å². The van der Waals surface area contributed by atoms with E-state index in [4.69, 9.17) is 0 Å². The average Bonchev–Trinajstić information content (AvgIpc) is 2.29. The van der Waals surface area contributed by atoms with Gasteiger partial charge in [0, 0.05) is 16.7 Å². The van der Waals surface area contributed by atoms with Crippen LogP contribution >= 0.6 is 11.8 Å². The number of nitrogens with one attached hydrogen (secondary N) is 1. The third kappa shape index (κ3) is 5.42. The van der Waals surface area contributed by atoms with Gasteiger partial charge in [0.05, 0.1) is 0 Å². The van der Waals surface area contributed by atoms with Gasteiger partial charge < -0.3 is 5.32 Å². The largest absolute Gasteiger partial charge is 0.310 e. The lowest BCUT2D eigenvalue weighted by molar-refractivity contribution is 0.597. The van der Waals surface area contributed by atoms with Gasteiger partial charge in [-0.15, -0.1) is 18.3 Å². The third-order valence-corrected chi connectivity index (χ3v) is 3.66. The molecule has 2 heteroatoms. The van der Waals surface area contributed by atoms with Gasteiger partial charge in [-0.3, -0.25) is 0 Å². The van der Waals surface area contributed by atoms with Gasteiger partial charge >= 0.3 is 0 Å². The quantitative estimate of drug-likeness (QED) is 0.567. The first kappa shape index (κ1) is 14.3. The number of allylic oxidation sites excluding steroid dienone is 1. The van der Waals surface area contributed by atoms with Crippen molar-refractivity contribution in [1.29, 1.82) is 0 Å². The summed E-state index contributed by atoms with van der Waals surface area (Å²) in [5.74, 6) is 1.12. The van der Waals surface area contributed by atoms with Crippen molar-refractivity contribution >= 4 is 11.8 Å². The summed E-state index contributed by atoms with van der Waals surface area (Å²) in [7, 11) is 0. The number of benzene rings is 1. The predicted octanol–water partition coefficient (Wildman–Crippen LogP) is 4.42. The second kappa shape index (κ2) is 7.57. The topological polar surface area (TPSA) is 12.0 Å². The highest BCUT2D eigenvalue weighted by Gasteiger charge is 2.04. The van der Waals surface area contributed by atoms with Crippen LogP contribution in [0.4, 0.5) is 0 Å². The van der Waals surface area contributed by atoms with E-state index in [1.807, 2.05) is 11.8 Å². The van der Waals surface area contributed by atoms with Crippen molar-refractivity contribution in [2.45, 2.75) is 38.1 Å². The SMILES string of the molecule is C=C(C)CCSc1cccc(C(C)NCC)c1. The van der Waals surface area contributed by atoms with E-state index in [9.17, 15) is 0 Å². The van der Waals surface area contributed by atoms with Crippen LogP contribution < -0.4 is 5.32 Å². The molecule has 0 fully saturated rings. The van der Waals surface area contributed by atoms with Crippen LogP contribution in [0.1, 0.15) is 38.8 Å². The second-order valence-electron chi connectivity index (χ2n) is 4.41. The lowest BCUT2D eigenvalue weighted by Gasteiger charge is -2.13. The molecule has 1 nitrogen and oxygen atoms in total. The molecule has 1 atom stereocenters. The molecule has 0 radical (unpaired) electrons. The van der Waals surface area contributed by atoms with E-state index < -0.39 is 0 Å². The van der Waals surface area contributed by atoms with Crippen LogP contribution in [0.2, 0.25) is 0 Å². The van der Waals surface area contributed by atoms with Gasteiger partial charge in [-0.05, 0) is 44.5 Å². The van der Waals surface area contributed by atoms with Gasteiger partial charge in [-0.2, -0.15) is 0 Å². The second-order valence-corrected chi connectivity index (χ2v) is 5.58. The normalized spacial score (nSPS) is 12.4. The van der Waals surface area contributed by atoms with Crippen LogP contribution in [0.25, 0.3) is 0 Å². The van der Waals surface area contributed by atoms with Gasteiger partial charge in [-0.25, -0.2) is 0 Å². The van der Waals surface area contributed by atoms with Crippen LogP contribution in [0.5, 0.6) is 0 Å². The van der Waals surface area contributed by atoms with Gasteiger partial charge in [0.1, 0.15) is 0 Å². The molecule has 0 aromatic heterocycles. The third-order valence-electron chi connectivity index (χ3n) is 2.67. The lowest BCUT2D eigenvalue weighted by Crippen LogP contribution is -2.17. The van der Waals surface area contributed by atoms with Crippen molar-refractivity contribution in [1.82, 2.24) is 5.32 Å². The number of hydrogen-bond acceptors (Lipinski definition) is 2. The van der Waals surface area contributed by atoms with Crippen molar-refractivity contribution < 1.29 is 0 Å². The summed E-state index contributed by atoms with van der Waals surface area (Å²) in [6.07, 6.45) is 1.09. The Hall–Kier alpha value is -0.730. The molecule has 0 heterocycles. The molecule has 1 unspecified atom stereocenters. The van der Waals surface area contributed by atoms with E-state index in [1.165, 1.54) is 16.0 Å². The lowest BCUT2D eigenvalue weighted by atomic mass is 10.1. The zero-order chi connectivity index (χ0) is 12.7. The summed E-state index contributed by atoms with van der Waals surface area (Å²) >= 11 is 1.91. The molecular formula is C15H23NS. The maximum atomic E-state index is 3.93. The summed E-state index contributed by atoms with van der Waals surface area (Å²) in [6, 6.07) is 9.24. The first-order valence-corrected chi connectivity index (χ1v) is 7.22. The van der Waals surface area contributed by atoms with Crippen molar-refractivity contribution in [3.63, 3.8) is 0 Å². The first-order chi connectivity index (χ1) is 8.13. The minimum Gasteiger partial charge on any atom is -0.310 e. The van der Waals surface area contributed by atoms with E-state index in [-0.39, 0.29) is 0 Å². The zero-order valence-corrected chi connectivity index (χ0v) is 11.9. The molecule has 0 saturated carbocycles. The van der Waals surface area contributed by atoms with Crippen molar-refractivity contribution in [2.75, 3.05) is 12.3 Å². The highest BCUT2D eigenvalue weighted by molar-refractivity contribution is 7.99. The molecule has 0 saturated heterocycles. The standard InChI is InChI=1S/C15H23NS/c1-5-16-13(4)14-7-6-8-15(11-14)17-10-9-12(2)3/h6-8,11,13,16H,2,5,9-10H2,1,3-4H3. The predicted molar refractivity (Wildman–Crippen MR) is 78.7 cm³/mol. The monoisotopic (exact) mass is 249 g/mol. The van der Waals surface area contributed by atoms with Crippen molar-refractivity contribution in [3.8, 4) is 0 Å². The van der Waals surface area contributed by atoms with Crippen LogP contribution in [-0.2, 0) is 0 Å². The van der Waals surface area contributed by atoms with Gasteiger partial charge in [0.15, 0.2) is 0 Å². The zero-order valence-electron chi connectivity index (χ0n) is 11.1. The van der Waals surface area contributed by atoms with Crippen molar-refractivity contribution in [3.05, 3.63) is 42.0 Å². The molecule has 0 aliphatic heterocycles. The van der Waals surface area contributed by atoms with Crippen LogP contribution in [0.15, 0.2) is 41.3 Å². The van der Waals surface area contributed by atoms with Crippen LogP contribution in [-0.4, -0.2) is 12.3 Å². The molecule has 0 aliphatic carbocycles. The Bertz CT molecular complexity index is 360. The number of thioether (sulfide) groups is 1. The molecule has 0 bridgehead atoms. The Kier molecular flexibility index (Phi) is 6.38. The summed E-state index contributed by atoms with van der Waals surface area (Å²) < 4.78 is 0. The molecule has 0 aliphatic rings. The van der Waals surface area contributed by atoms with Gasteiger partial charge in [-0.1, -0.05) is 24.6 Å². The Morgan fingerprint density at radius 2 is 2.24 bits per heavy atom. The maximum Gasteiger partial charge on any atom is 0.0292 e. The molecule has 0 spiro atoms. The van der Waals surface area contributed by atoms with E-state index in [1.54, 1.807) is 0 Å². The Morgan fingerprint density at radius 1 is 1.47 bits per heavy atom. The van der Waals surface area contributed by atoms with Gasteiger partial charge in [0.25, 0.3) is 0 Å². The highest BCUT2D eigenvalue weighted by atomic mass is 32.2. The average molecular weight is 249 g/mol. The summed E-state index contributed by atoms with van der Waals surface area (Å²) in [5.41, 5.74) is 2.63. The molecule has 1 rings (SSSR count). The van der Waals surface area contributed by atoms with E-state index in [2.05, 4.69) is 56.9 Å². The Labute approximate surface area is 110 Å². The molecule has 1 aromatic rings. The van der Waals surface area contributed by atoms with Crippen LogP contribution in [0.3, 0.4) is 0 Å². The molecule has 17 heavy (non-hydrogen) atoms. The Morgan fingerprint density at radius 3 is 2.88 bits per heavy atom. The highest BCUT2D eigenvalue weighted by Crippen LogP contribution is 2.23. The minimum atomic E-state index is 0.432. The minimum absolute atomic E-state index is 0.432.